The minimum absolute atomic E-state index is 0.00986. The number of anilines is 1. The SMILES string of the molecule is CC(C)c1ccc(N2CCCC2C(=O)O)c([N+](=O)[O-])c1. The van der Waals surface area contributed by atoms with E-state index in [4.69, 9.17) is 0 Å². The summed E-state index contributed by atoms with van der Waals surface area (Å²) in [7, 11) is 0. The smallest absolute Gasteiger partial charge is 0.326 e. The highest BCUT2D eigenvalue weighted by Gasteiger charge is 2.34. The lowest BCUT2D eigenvalue weighted by Crippen LogP contribution is -2.36. The molecule has 1 atom stereocenters. The van der Waals surface area contributed by atoms with E-state index in [9.17, 15) is 20.0 Å². The molecule has 0 aromatic heterocycles. The maximum Gasteiger partial charge on any atom is 0.326 e. The monoisotopic (exact) mass is 278 g/mol. The number of hydrogen-bond acceptors (Lipinski definition) is 4. The Morgan fingerprint density at radius 2 is 2.20 bits per heavy atom. The van der Waals surface area contributed by atoms with Crippen LogP contribution in [-0.4, -0.2) is 28.6 Å². The fourth-order valence-corrected chi connectivity index (χ4v) is 2.60. The van der Waals surface area contributed by atoms with Gasteiger partial charge in [-0.1, -0.05) is 19.9 Å². The number of carbonyl (C=O) groups is 1. The van der Waals surface area contributed by atoms with E-state index >= 15 is 0 Å². The second-order valence-electron chi connectivity index (χ2n) is 5.35. The lowest BCUT2D eigenvalue weighted by atomic mass is 10.0. The van der Waals surface area contributed by atoms with Crippen molar-refractivity contribution in [1.82, 2.24) is 0 Å². The van der Waals surface area contributed by atoms with Crippen molar-refractivity contribution in [3.63, 3.8) is 0 Å². The van der Waals surface area contributed by atoms with Crippen molar-refractivity contribution in [2.45, 2.75) is 38.6 Å². The van der Waals surface area contributed by atoms with Crippen LogP contribution in [0.1, 0.15) is 38.2 Å². The summed E-state index contributed by atoms with van der Waals surface area (Å²) < 4.78 is 0. The van der Waals surface area contributed by atoms with E-state index in [-0.39, 0.29) is 11.6 Å². The number of rotatable bonds is 4. The fourth-order valence-electron chi connectivity index (χ4n) is 2.60. The van der Waals surface area contributed by atoms with E-state index < -0.39 is 16.9 Å². The van der Waals surface area contributed by atoms with Gasteiger partial charge in [0.05, 0.1) is 4.92 Å². The number of aliphatic carboxylic acids is 1. The van der Waals surface area contributed by atoms with Crippen molar-refractivity contribution in [2.24, 2.45) is 0 Å². The zero-order chi connectivity index (χ0) is 14.9. The Bertz CT molecular complexity index is 542. The van der Waals surface area contributed by atoms with Crippen molar-refractivity contribution in [2.75, 3.05) is 11.4 Å². The van der Waals surface area contributed by atoms with Gasteiger partial charge in [-0.25, -0.2) is 4.79 Å². The molecule has 0 bridgehead atoms. The van der Waals surface area contributed by atoms with Crippen LogP contribution >= 0.6 is 0 Å². The normalized spacial score (nSPS) is 18.6. The van der Waals surface area contributed by atoms with Crippen molar-refractivity contribution < 1.29 is 14.8 Å². The van der Waals surface area contributed by atoms with Crippen LogP contribution < -0.4 is 4.90 Å². The molecule has 6 nitrogen and oxygen atoms in total. The average Bonchev–Trinajstić information content (AvgIpc) is 2.86. The summed E-state index contributed by atoms with van der Waals surface area (Å²) >= 11 is 0. The number of hydrogen-bond donors (Lipinski definition) is 1. The van der Waals surface area contributed by atoms with Crippen molar-refractivity contribution in [3.05, 3.63) is 33.9 Å². The summed E-state index contributed by atoms with van der Waals surface area (Å²) in [5, 5.41) is 20.5. The summed E-state index contributed by atoms with van der Waals surface area (Å²) in [5.41, 5.74) is 1.28. The molecule has 1 aromatic rings. The molecule has 1 aliphatic heterocycles. The maximum atomic E-state index is 11.3. The first kappa shape index (κ1) is 14.3. The Morgan fingerprint density at radius 3 is 2.75 bits per heavy atom. The van der Waals surface area contributed by atoms with Crippen LogP contribution in [0.15, 0.2) is 18.2 Å². The second kappa shape index (κ2) is 5.48. The number of nitro benzene ring substituents is 1. The molecule has 108 valence electrons. The maximum absolute atomic E-state index is 11.3. The fraction of sp³-hybridized carbons (Fsp3) is 0.500. The zero-order valence-corrected chi connectivity index (χ0v) is 11.6. The third-order valence-corrected chi connectivity index (χ3v) is 3.71. The van der Waals surface area contributed by atoms with Crippen molar-refractivity contribution in [3.8, 4) is 0 Å². The molecule has 6 heteroatoms. The average molecular weight is 278 g/mol. The van der Waals surface area contributed by atoms with Gasteiger partial charge in [0, 0.05) is 12.6 Å². The van der Waals surface area contributed by atoms with E-state index in [1.165, 1.54) is 0 Å². The van der Waals surface area contributed by atoms with Crippen LogP contribution in [0.25, 0.3) is 0 Å². The van der Waals surface area contributed by atoms with Gasteiger partial charge in [-0.3, -0.25) is 10.1 Å². The molecule has 1 saturated heterocycles. The number of carboxylic acid groups (broad SMARTS) is 1. The van der Waals surface area contributed by atoms with Crippen LogP contribution in [0.3, 0.4) is 0 Å². The highest BCUT2D eigenvalue weighted by molar-refractivity contribution is 5.81. The third-order valence-electron chi connectivity index (χ3n) is 3.71. The first-order chi connectivity index (χ1) is 9.41. The van der Waals surface area contributed by atoms with Gasteiger partial charge < -0.3 is 10.0 Å². The van der Waals surface area contributed by atoms with E-state index in [0.717, 1.165) is 12.0 Å². The minimum atomic E-state index is -0.926. The molecule has 0 amide bonds. The summed E-state index contributed by atoms with van der Waals surface area (Å²) in [6, 6.07) is 4.40. The Labute approximate surface area is 117 Å². The summed E-state index contributed by atoms with van der Waals surface area (Å²) in [6.07, 6.45) is 1.26. The van der Waals surface area contributed by atoms with E-state index in [1.807, 2.05) is 19.9 Å². The minimum Gasteiger partial charge on any atom is -0.480 e. The lowest BCUT2D eigenvalue weighted by Gasteiger charge is -2.23. The number of nitro groups is 1. The first-order valence-electron chi connectivity index (χ1n) is 6.69. The highest BCUT2D eigenvalue weighted by Crippen LogP contribution is 2.35. The zero-order valence-electron chi connectivity index (χ0n) is 11.6. The Balaban J connectivity index is 2.45. The molecule has 1 unspecified atom stereocenters. The van der Waals surface area contributed by atoms with Crippen LogP contribution in [0.2, 0.25) is 0 Å². The standard InChI is InChI=1S/C14H18N2O4/c1-9(2)10-5-6-11(13(8-10)16(19)20)15-7-3-4-12(15)14(17)18/h5-6,8-9,12H,3-4,7H2,1-2H3,(H,17,18). The topological polar surface area (TPSA) is 83.7 Å². The molecule has 0 saturated carbocycles. The van der Waals surface area contributed by atoms with Gasteiger partial charge in [-0.2, -0.15) is 0 Å². The van der Waals surface area contributed by atoms with Crippen molar-refractivity contribution in [1.29, 1.82) is 0 Å². The Kier molecular flexibility index (Phi) is 3.92. The molecule has 1 aromatic carbocycles. The van der Waals surface area contributed by atoms with Crippen LogP contribution in [0, 0.1) is 10.1 Å². The van der Waals surface area contributed by atoms with Gasteiger partial charge in [-0.05, 0) is 30.4 Å². The molecule has 0 radical (unpaired) electrons. The lowest BCUT2D eigenvalue weighted by molar-refractivity contribution is -0.384. The number of benzene rings is 1. The summed E-state index contributed by atoms with van der Waals surface area (Å²) in [6.45, 7) is 4.47. The quantitative estimate of drug-likeness (QED) is 0.676. The van der Waals surface area contributed by atoms with Gasteiger partial charge in [0.2, 0.25) is 0 Å². The molecule has 1 N–H and O–H groups in total. The summed E-state index contributed by atoms with van der Waals surface area (Å²) in [5.74, 6) is -0.735. The molecule has 2 rings (SSSR count). The first-order valence-corrected chi connectivity index (χ1v) is 6.69. The van der Waals surface area contributed by atoms with Crippen LogP contribution in [-0.2, 0) is 4.79 Å². The molecule has 0 aliphatic carbocycles. The van der Waals surface area contributed by atoms with Gasteiger partial charge >= 0.3 is 5.97 Å². The molecular weight excluding hydrogens is 260 g/mol. The van der Waals surface area contributed by atoms with Gasteiger partial charge in [0.25, 0.3) is 5.69 Å². The van der Waals surface area contributed by atoms with E-state index in [1.54, 1.807) is 17.0 Å². The van der Waals surface area contributed by atoms with Gasteiger partial charge in [0.15, 0.2) is 0 Å². The second-order valence-corrected chi connectivity index (χ2v) is 5.35. The molecule has 1 fully saturated rings. The molecular formula is C14H18N2O4. The molecule has 1 aliphatic rings. The van der Waals surface area contributed by atoms with Gasteiger partial charge in [-0.15, -0.1) is 0 Å². The molecule has 20 heavy (non-hydrogen) atoms. The van der Waals surface area contributed by atoms with Crippen LogP contribution in [0.4, 0.5) is 11.4 Å². The molecule has 0 spiro atoms. The Hall–Kier alpha value is -2.11. The van der Waals surface area contributed by atoms with E-state index in [2.05, 4.69) is 0 Å². The largest absolute Gasteiger partial charge is 0.480 e. The predicted octanol–water partition coefficient (Wildman–Crippen LogP) is 2.77. The number of nitrogens with zero attached hydrogens (tertiary/aromatic N) is 2. The van der Waals surface area contributed by atoms with Gasteiger partial charge in [0.1, 0.15) is 11.7 Å². The van der Waals surface area contributed by atoms with Crippen molar-refractivity contribution >= 4 is 17.3 Å². The molecule has 1 heterocycles. The highest BCUT2D eigenvalue weighted by atomic mass is 16.6. The summed E-state index contributed by atoms with van der Waals surface area (Å²) in [4.78, 5) is 23.7. The third kappa shape index (κ3) is 2.59. The van der Waals surface area contributed by atoms with E-state index in [0.29, 0.717) is 18.7 Å². The van der Waals surface area contributed by atoms with Crippen LogP contribution in [0.5, 0.6) is 0 Å². The Morgan fingerprint density at radius 1 is 1.50 bits per heavy atom. The predicted molar refractivity (Wildman–Crippen MR) is 75.2 cm³/mol. The number of carboxylic acids is 1.